The average Bonchev–Trinajstić information content (AvgIpc) is 2.46. The summed E-state index contributed by atoms with van der Waals surface area (Å²) in [6.07, 6.45) is 4.24. The first-order valence-corrected chi connectivity index (χ1v) is 8.50. The molecule has 1 N–H and O–H groups in total. The predicted octanol–water partition coefficient (Wildman–Crippen LogP) is 4.21. The Morgan fingerprint density at radius 2 is 2.26 bits per heavy atom. The van der Waals surface area contributed by atoms with Crippen molar-refractivity contribution in [2.24, 2.45) is 0 Å². The van der Waals surface area contributed by atoms with Crippen LogP contribution < -0.4 is 5.32 Å². The van der Waals surface area contributed by atoms with Gasteiger partial charge in [-0.25, -0.2) is 0 Å². The van der Waals surface area contributed by atoms with Gasteiger partial charge >= 0.3 is 0 Å². The molecular weight excluding hydrogens is 322 g/mol. The van der Waals surface area contributed by atoms with Gasteiger partial charge in [-0.15, -0.1) is 11.8 Å². The third-order valence-corrected chi connectivity index (χ3v) is 5.22. The second kappa shape index (κ2) is 7.98. The molecule has 2 rings (SSSR count). The predicted molar refractivity (Wildman–Crippen MR) is 85.6 cm³/mol. The zero-order chi connectivity index (χ0) is 13.5. The minimum Gasteiger partial charge on any atom is -0.501 e. The first-order chi connectivity index (χ1) is 9.31. The zero-order valence-corrected chi connectivity index (χ0v) is 13.6. The van der Waals surface area contributed by atoms with Crippen LogP contribution in [0.25, 0.3) is 0 Å². The number of benzene rings is 1. The van der Waals surface area contributed by atoms with Crippen LogP contribution in [-0.4, -0.2) is 24.9 Å². The number of rotatable bonds is 6. The summed E-state index contributed by atoms with van der Waals surface area (Å²) in [5.41, 5.74) is 1.40. The first kappa shape index (κ1) is 14.9. The summed E-state index contributed by atoms with van der Waals surface area (Å²) in [4.78, 5) is 1.29. The number of nitrogens with one attached hydrogen (secondary N) is 1. The molecule has 1 aliphatic heterocycles. The van der Waals surface area contributed by atoms with Crippen molar-refractivity contribution in [2.75, 3.05) is 18.9 Å². The molecule has 104 valence electrons. The maximum atomic E-state index is 5.46. The van der Waals surface area contributed by atoms with E-state index in [0.29, 0.717) is 6.04 Å². The highest BCUT2D eigenvalue weighted by Crippen LogP contribution is 2.29. The van der Waals surface area contributed by atoms with E-state index < -0.39 is 0 Å². The fraction of sp³-hybridized carbons (Fsp3) is 0.467. The van der Waals surface area contributed by atoms with Crippen molar-refractivity contribution in [1.29, 1.82) is 0 Å². The summed E-state index contributed by atoms with van der Waals surface area (Å²) in [5, 5.41) is 3.56. The van der Waals surface area contributed by atoms with Crippen molar-refractivity contribution < 1.29 is 4.74 Å². The van der Waals surface area contributed by atoms with E-state index in [1.54, 1.807) is 0 Å². The van der Waals surface area contributed by atoms with Gasteiger partial charge in [-0.2, -0.15) is 0 Å². The van der Waals surface area contributed by atoms with Crippen LogP contribution in [0.3, 0.4) is 0 Å². The molecule has 4 heteroatoms. The van der Waals surface area contributed by atoms with Gasteiger partial charge in [0.05, 0.1) is 12.9 Å². The lowest BCUT2D eigenvalue weighted by Crippen LogP contribution is -2.34. The Morgan fingerprint density at radius 3 is 2.95 bits per heavy atom. The van der Waals surface area contributed by atoms with Crippen LogP contribution in [0.1, 0.15) is 19.8 Å². The van der Waals surface area contributed by atoms with E-state index in [-0.39, 0.29) is 0 Å². The summed E-state index contributed by atoms with van der Waals surface area (Å²) in [5.74, 6) is 1.03. The van der Waals surface area contributed by atoms with Gasteiger partial charge in [0.15, 0.2) is 0 Å². The van der Waals surface area contributed by atoms with Gasteiger partial charge in [0.2, 0.25) is 0 Å². The van der Waals surface area contributed by atoms with Gasteiger partial charge in [0.1, 0.15) is 0 Å². The lowest BCUT2D eigenvalue weighted by molar-refractivity contribution is 0.220. The molecule has 1 aliphatic rings. The van der Waals surface area contributed by atoms with E-state index in [9.17, 15) is 0 Å². The maximum Gasteiger partial charge on any atom is 0.0876 e. The Morgan fingerprint density at radius 1 is 1.42 bits per heavy atom. The molecule has 0 spiro atoms. The Balaban J connectivity index is 1.97. The molecule has 0 aromatic heterocycles. The van der Waals surface area contributed by atoms with E-state index in [1.807, 2.05) is 24.1 Å². The normalized spacial score (nSPS) is 16.6. The Hall–Kier alpha value is -0.450. The lowest BCUT2D eigenvalue weighted by atomic mass is 10.0. The van der Waals surface area contributed by atoms with Gasteiger partial charge < -0.3 is 10.1 Å². The summed E-state index contributed by atoms with van der Waals surface area (Å²) < 4.78 is 6.64. The maximum absolute atomic E-state index is 5.46. The molecule has 2 nitrogen and oxygen atoms in total. The molecule has 0 aliphatic carbocycles. The van der Waals surface area contributed by atoms with E-state index in [1.165, 1.54) is 14.9 Å². The van der Waals surface area contributed by atoms with Gasteiger partial charge in [-0.1, -0.05) is 19.1 Å². The SMILES string of the molecule is CCNC(CSc1ccccc1Br)C1=COCCC1. The molecule has 1 atom stereocenters. The van der Waals surface area contributed by atoms with E-state index in [4.69, 9.17) is 4.74 Å². The molecule has 1 unspecified atom stereocenters. The number of halogens is 1. The highest BCUT2D eigenvalue weighted by atomic mass is 79.9. The van der Waals surface area contributed by atoms with Crippen LogP contribution in [0.15, 0.2) is 45.5 Å². The van der Waals surface area contributed by atoms with E-state index in [2.05, 4.69) is 46.4 Å². The quantitative estimate of drug-likeness (QED) is 0.783. The third kappa shape index (κ3) is 4.55. The fourth-order valence-corrected chi connectivity index (χ4v) is 3.81. The van der Waals surface area contributed by atoms with Crippen LogP contribution in [0.2, 0.25) is 0 Å². The molecule has 0 fully saturated rings. The van der Waals surface area contributed by atoms with Crippen LogP contribution in [0.4, 0.5) is 0 Å². The number of likely N-dealkylation sites (N-methyl/N-ethyl adjacent to an activating group) is 1. The number of hydrogen-bond acceptors (Lipinski definition) is 3. The number of thioether (sulfide) groups is 1. The topological polar surface area (TPSA) is 21.3 Å². The van der Waals surface area contributed by atoms with Crippen molar-refractivity contribution in [3.63, 3.8) is 0 Å². The Kier molecular flexibility index (Phi) is 6.28. The minimum absolute atomic E-state index is 0.405. The van der Waals surface area contributed by atoms with Crippen LogP contribution in [0, 0.1) is 0 Å². The highest BCUT2D eigenvalue weighted by molar-refractivity contribution is 9.10. The third-order valence-electron chi connectivity index (χ3n) is 3.10. The molecule has 0 saturated heterocycles. The van der Waals surface area contributed by atoms with Crippen molar-refractivity contribution in [3.8, 4) is 0 Å². The lowest BCUT2D eigenvalue weighted by Gasteiger charge is -2.23. The van der Waals surface area contributed by atoms with Gasteiger partial charge in [0, 0.05) is 21.2 Å². The Bertz CT molecular complexity index is 436. The molecule has 0 radical (unpaired) electrons. The summed E-state index contributed by atoms with van der Waals surface area (Å²) >= 11 is 5.48. The summed E-state index contributed by atoms with van der Waals surface area (Å²) in [6.45, 7) is 4.00. The summed E-state index contributed by atoms with van der Waals surface area (Å²) in [6, 6.07) is 8.78. The zero-order valence-electron chi connectivity index (χ0n) is 11.2. The Labute approximate surface area is 128 Å². The van der Waals surface area contributed by atoms with Crippen LogP contribution in [-0.2, 0) is 4.74 Å². The van der Waals surface area contributed by atoms with Crippen molar-refractivity contribution in [3.05, 3.63) is 40.6 Å². The highest BCUT2D eigenvalue weighted by Gasteiger charge is 2.16. The molecular formula is C15H20BrNOS. The van der Waals surface area contributed by atoms with Crippen molar-refractivity contribution in [1.82, 2.24) is 5.32 Å². The van der Waals surface area contributed by atoms with Gasteiger partial charge in [0.25, 0.3) is 0 Å². The summed E-state index contributed by atoms with van der Waals surface area (Å²) in [7, 11) is 0. The minimum atomic E-state index is 0.405. The second-order valence-corrected chi connectivity index (χ2v) is 6.43. The molecule has 1 aromatic rings. The monoisotopic (exact) mass is 341 g/mol. The second-order valence-electron chi connectivity index (χ2n) is 4.52. The van der Waals surface area contributed by atoms with Crippen LogP contribution in [0.5, 0.6) is 0 Å². The van der Waals surface area contributed by atoms with Crippen molar-refractivity contribution in [2.45, 2.75) is 30.7 Å². The average molecular weight is 342 g/mol. The molecule has 1 aromatic carbocycles. The van der Waals surface area contributed by atoms with E-state index in [0.717, 1.165) is 31.7 Å². The van der Waals surface area contributed by atoms with E-state index >= 15 is 0 Å². The molecule has 0 amide bonds. The standard InChI is InChI=1S/C15H20BrNOS/c1-2-17-14(12-6-5-9-18-10-12)11-19-15-8-4-3-7-13(15)16/h3-4,7-8,10,14,17H,2,5-6,9,11H2,1H3. The smallest absolute Gasteiger partial charge is 0.0876 e. The molecule has 0 saturated carbocycles. The number of ether oxygens (including phenoxy) is 1. The first-order valence-electron chi connectivity index (χ1n) is 6.72. The largest absolute Gasteiger partial charge is 0.501 e. The van der Waals surface area contributed by atoms with Crippen molar-refractivity contribution >= 4 is 27.7 Å². The molecule has 1 heterocycles. The van der Waals surface area contributed by atoms with Crippen LogP contribution >= 0.6 is 27.7 Å². The molecule has 19 heavy (non-hydrogen) atoms. The number of hydrogen-bond donors (Lipinski definition) is 1. The van der Waals surface area contributed by atoms with Gasteiger partial charge in [-0.05, 0) is 53.0 Å². The fourth-order valence-electron chi connectivity index (χ4n) is 2.12. The van der Waals surface area contributed by atoms with Gasteiger partial charge in [-0.3, -0.25) is 0 Å². The molecule has 0 bridgehead atoms.